The van der Waals surface area contributed by atoms with E-state index in [1.165, 1.54) is 0 Å². The molecule has 0 aliphatic rings. The lowest BCUT2D eigenvalue weighted by Gasteiger charge is -2.11. The van der Waals surface area contributed by atoms with Crippen molar-refractivity contribution in [3.8, 4) is 10.6 Å². The van der Waals surface area contributed by atoms with Crippen LogP contribution in [0.2, 0.25) is 0 Å². The van der Waals surface area contributed by atoms with Crippen molar-refractivity contribution in [1.29, 1.82) is 0 Å². The molecule has 0 fully saturated rings. The van der Waals surface area contributed by atoms with Gasteiger partial charge >= 0.3 is 0 Å². The Morgan fingerprint density at radius 2 is 1.96 bits per heavy atom. The normalized spacial score (nSPS) is 11.2. The van der Waals surface area contributed by atoms with Crippen LogP contribution in [0.25, 0.3) is 10.6 Å². The summed E-state index contributed by atoms with van der Waals surface area (Å²) in [5.41, 5.74) is 2.20. The number of halogens is 1. The molecule has 0 radical (unpaired) electrons. The van der Waals surface area contributed by atoms with Gasteiger partial charge in [-0.1, -0.05) is 44.2 Å². The van der Waals surface area contributed by atoms with E-state index in [0.717, 1.165) is 35.2 Å². The van der Waals surface area contributed by atoms with Crippen LogP contribution in [0.3, 0.4) is 0 Å². The van der Waals surface area contributed by atoms with Gasteiger partial charge < -0.3 is 10.6 Å². The van der Waals surface area contributed by atoms with Crippen LogP contribution in [-0.4, -0.2) is 24.5 Å². The number of guanidine groups is 1. The van der Waals surface area contributed by atoms with Crippen LogP contribution in [0.15, 0.2) is 40.7 Å². The summed E-state index contributed by atoms with van der Waals surface area (Å²) in [5.74, 6) is 1.52. The van der Waals surface area contributed by atoms with E-state index in [2.05, 4.69) is 52.0 Å². The molecular weight excluding hydrogens is 419 g/mol. The van der Waals surface area contributed by atoms with Crippen molar-refractivity contribution >= 4 is 41.3 Å². The van der Waals surface area contributed by atoms with Gasteiger partial charge in [-0.2, -0.15) is 0 Å². The lowest BCUT2D eigenvalue weighted by Crippen LogP contribution is -2.37. The van der Waals surface area contributed by atoms with E-state index >= 15 is 0 Å². The Labute approximate surface area is 159 Å². The maximum atomic E-state index is 4.67. The highest BCUT2D eigenvalue weighted by Gasteiger charge is 2.05. The first-order valence-corrected chi connectivity index (χ1v) is 8.51. The highest BCUT2D eigenvalue weighted by Crippen LogP contribution is 2.23. The Morgan fingerprint density at radius 3 is 2.61 bits per heavy atom. The highest BCUT2D eigenvalue weighted by atomic mass is 127. The third kappa shape index (κ3) is 6.87. The highest BCUT2D eigenvalue weighted by molar-refractivity contribution is 14.0. The minimum atomic E-state index is 0. The van der Waals surface area contributed by atoms with Crippen molar-refractivity contribution in [2.24, 2.45) is 10.9 Å². The minimum absolute atomic E-state index is 0. The van der Waals surface area contributed by atoms with Gasteiger partial charge in [0.2, 0.25) is 0 Å². The van der Waals surface area contributed by atoms with Gasteiger partial charge in [-0.3, -0.25) is 4.99 Å². The van der Waals surface area contributed by atoms with Crippen LogP contribution in [0.1, 0.15) is 26.0 Å². The summed E-state index contributed by atoms with van der Waals surface area (Å²) in [6, 6.07) is 10.3. The van der Waals surface area contributed by atoms with Gasteiger partial charge in [-0.15, -0.1) is 35.3 Å². The number of nitrogens with one attached hydrogen (secondary N) is 2. The molecule has 126 valence electrons. The zero-order valence-electron chi connectivity index (χ0n) is 13.9. The van der Waals surface area contributed by atoms with Crippen molar-refractivity contribution in [3.63, 3.8) is 0 Å². The molecule has 0 atom stereocenters. The maximum Gasteiger partial charge on any atom is 0.191 e. The third-order valence-corrected chi connectivity index (χ3v) is 4.19. The van der Waals surface area contributed by atoms with Gasteiger partial charge in [-0.05, 0) is 12.3 Å². The van der Waals surface area contributed by atoms with Crippen molar-refractivity contribution in [1.82, 2.24) is 15.6 Å². The fraction of sp³-hybridized carbons (Fsp3) is 0.412. The first-order valence-electron chi connectivity index (χ1n) is 7.63. The first kappa shape index (κ1) is 19.9. The standard InChI is InChI=1S/C17H24N4S.HI/c1-13(2)9-10-19-17(18-3)20-11-15-12-22-16(21-15)14-7-5-4-6-8-14;/h4-8,12-13H,9-11H2,1-3H3,(H2,18,19,20);1H. The quantitative estimate of drug-likeness (QED) is 0.400. The molecule has 1 heterocycles. The first-order chi connectivity index (χ1) is 10.7. The zero-order valence-corrected chi connectivity index (χ0v) is 17.0. The topological polar surface area (TPSA) is 49.3 Å². The van der Waals surface area contributed by atoms with Gasteiger partial charge in [0.15, 0.2) is 5.96 Å². The Kier molecular flexibility index (Phi) is 9.16. The number of aromatic nitrogens is 1. The van der Waals surface area contributed by atoms with Crippen molar-refractivity contribution < 1.29 is 0 Å². The molecule has 0 amide bonds. The average molecular weight is 444 g/mol. The Hall–Kier alpha value is -1.15. The summed E-state index contributed by atoms with van der Waals surface area (Å²) in [6.07, 6.45) is 1.13. The summed E-state index contributed by atoms with van der Waals surface area (Å²) < 4.78 is 0. The van der Waals surface area contributed by atoms with Gasteiger partial charge in [-0.25, -0.2) is 4.98 Å². The van der Waals surface area contributed by atoms with E-state index in [4.69, 9.17) is 0 Å². The van der Waals surface area contributed by atoms with Crippen molar-refractivity contribution in [2.75, 3.05) is 13.6 Å². The second-order valence-corrected chi connectivity index (χ2v) is 6.40. The summed E-state index contributed by atoms with van der Waals surface area (Å²) in [7, 11) is 1.79. The second-order valence-electron chi connectivity index (χ2n) is 5.55. The van der Waals surface area contributed by atoms with Gasteiger partial charge in [0.25, 0.3) is 0 Å². The largest absolute Gasteiger partial charge is 0.356 e. The van der Waals surface area contributed by atoms with Crippen molar-refractivity contribution in [2.45, 2.75) is 26.8 Å². The smallest absolute Gasteiger partial charge is 0.191 e. The van der Waals surface area contributed by atoms with E-state index in [1.54, 1.807) is 18.4 Å². The number of thiazole rings is 1. The van der Waals surface area contributed by atoms with E-state index in [0.29, 0.717) is 12.5 Å². The minimum Gasteiger partial charge on any atom is -0.356 e. The number of rotatable bonds is 6. The number of hydrogen-bond donors (Lipinski definition) is 2. The summed E-state index contributed by atoms with van der Waals surface area (Å²) in [5, 5.41) is 9.78. The molecule has 4 nitrogen and oxygen atoms in total. The van der Waals surface area contributed by atoms with E-state index < -0.39 is 0 Å². The molecule has 6 heteroatoms. The molecule has 0 bridgehead atoms. The van der Waals surface area contributed by atoms with Crippen LogP contribution in [0.5, 0.6) is 0 Å². The number of aliphatic imine (C=N–C) groups is 1. The molecule has 1 aromatic carbocycles. The van der Waals surface area contributed by atoms with E-state index in [-0.39, 0.29) is 24.0 Å². The Balaban J connectivity index is 0.00000264. The van der Waals surface area contributed by atoms with Crippen LogP contribution >= 0.6 is 35.3 Å². The van der Waals surface area contributed by atoms with Crippen molar-refractivity contribution in [3.05, 3.63) is 41.4 Å². The van der Waals surface area contributed by atoms with Gasteiger partial charge in [0.05, 0.1) is 12.2 Å². The van der Waals surface area contributed by atoms with Crippen LogP contribution in [0, 0.1) is 5.92 Å². The maximum absolute atomic E-state index is 4.67. The van der Waals surface area contributed by atoms with E-state index in [9.17, 15) is 0 Å². The van der Waals surface area contributed by atoms with Crippen LogP contribution in [-0.2, 0) is 6.54 Å². The predicted octanol–water partition coefficient (Wildman–Crippen LogP) is 4.14. The predicted molar refractivity (Wildman–Crippen MR) is 111 cm³/mol. The van der Waals surface area contributed by atoms with Crippen LogP contribution in [0.4, 0.5) is 0 Å². The second kappa shape index (κ2) is 10.6. The van der Waals surface area contributed by atoms with Gasteiger partial charge in [0.1, 0.15) is 5.01 Å². The fourth-order valence-corrected chi connectivity index (χ4v) is 2.80. The molecule has 0 unspecified atom stereocenters. The molecule has 0 saturated carbocycles. The summed E-state index contributed by atoms with van der Waals surface area (Å²) >= 11 is 1.67. The number of hydrogen-bond acceptors (Lipinski definition) is 3. The molecule has 2 rings (SSSR count). The Morgan fingerprint density at radius 1 is 1.22 bits per heavy atom. The summed E-state index contributed by atoms with van der Waals surface area (Å²) in [4.78, 5) is 8.90. The van der Waals surface area contributed by atoms with E-state index in [1.807, 2.05) is 18.2 Å². The molecule has 0 saturated heterocycles. The average Bonchev–Trinajstić information content (AvgIpc) is 3.00. The SMILES string of the molecule is CN=C(NCCC(C)C)NCc1csc(-c2ccccc2)n1.I. The lowest BCUT2D eigenvalue weighted by molar-refractivity contribution is 0.573. The molecule has 2 N–H and O–H groups in total. The molecule has 0 spiro atoms. The van der Waals surface area contributed by atoms with Crippen LogP contribution < -0.4 is 10.6 Å². The number of nitrogens with zero attached hydrogens (tertiary/aromatic N) is 2. The lowest BCUT2D eigenvalue weighted by atomic mass is 10.1. The zero-order chi connectivity index (χ0) is 15.8. The molecular formula is C17H25IN4S. The summed E-state index contributed by atoms with van der Waals surface area (Å²) in [6.45, 7) is 6.06. The van der Waals surface area contributed by atoms with Gasteiger partial charge in [0, 0.05) is 24.5 Å². The fourth-order valence-electron chi connectivity index (χ4n) is 1.98. The molecule has 0 aliphatic heterocycles. The molecule has 23 heavy (non-hydrogen) atoms. The monoisotopic (exact) mass is 444 g/mol. The Bertz CT molecular complexity index is 596. The molecule has 0 aliphatic carbocycles. The molecule has 2 aromatic rings. The molecule has 1 aromatic heterocycles. The third-order valence-electron chi connectivity index (χ3n) is 3.25. The number of benzene rings is 1.